The number of amides is 2. The molecule has 1 unspecified atom stereocenters. The van der Waals surface area contributed by atoms with Crippen LogP contribution in [0.15, 0.2) is 48.7 Å². The van der Waals surface area contributed by atoms with Crippen molar-refractivity contribution >= 4 is 17.6 Å². The van der Waals surface area contributed by atoms with Crippen molar-refractivity contribution in [3.8, 4) is 0 Å². The molecule has 2 N–H and O–H groups in total. The van der Waals surface area contributed by atoms with E-state index in [1.54, 1.807) is 6.20 Å². The van der Waals surface area contributed by atoms with E-state index in [2.05, 4.69) is 15.6 Å². The van der Waals surface area contributed by atoms with Gasteiger partial charge in [0.1, 0.15) is 0 Å². The second-order valence-corrected chi connectivity index (χ2v) is 5.18. The molecule has 0 aliphatic heterocycles. The van der Waals surface area contributed by atoms with Gasteiger partial charge in [0.25, 0.3) is 0 Å². The van der Waals surface area contributed by atoms with Crippen LogP contribution in [-0.2, 0) is 6.42 Å². The highest BCUT2D eigenvalue weighted by atomic mass is 35.5. The summed E-state index contributed by atoms with van der Waals surface area (Å²) in [6, 6.07) is 12.9. The number of aromatic nitrogens is 1. The van der Waals surface area contributed by atoms with Crippen LogP contribution in [0.4, 0.5) is 4.79 Å². The van der Waals surface area contributed by atoms with Crippen molar-refractivity contribution in [2.75, 3.05) is 6.54 Å². The van der Waals surface area contributed by atoms with Crippen molar-refractivity contribution in [1.29, 1.82) is 0 Å². The van der Waals surface area contributed by atoms with E-state index in [0.29, 0.717) is 18.0 Å². The highest BCUT2D eigenvalue weighted by molar-refractivity contribution is 6.30. The minimum atomic E-state index is -0.196. The maximum atomic E-state index is 11.8. The van der Waals surface area contributed by atoms with Crippen LogP contribution in [0.3, 0.4) is 0 Å². The predicted molar refractivity (Wildman–Crippen MR) is 84.3 cm³/mol. The Labute approximate surface area is 129 Å². The topological polar surface area (TPSA) is 54.0 Å². The summed E-state index contributed by atoms with van der Waals surface area (Å²) in [6.07, 6.45) is 2.45. The van der Waals surface area contributed by atoms with E-state index in [0.717, 1.165) is 11.3 Å². The van der Waals surface area contributed by atoms with Crippen molar-refractivity contribution in [1.82, 2.24) is 15.6 Å². The van der Waals surface area contributed by atoms with Gasteiger partial charge in [0.15, 0.2) is 0 Å². The molecule has 0 saturated heterocycles. The van der Waals surface area contributed by atoms with E-state index in [9.17, 15) is 4.79 Å². The number of nitrogens with one attached hydrogen (secondary N) is 2. The molecular weight excluding hydrogens is 286 g/mol. The molecular formula is C16H18ClN3O. The van der Waals surface area contributed by atoms with Gasteiger partial charge < -0.3 is 10.6 Å². The van der Waals surface area contributed by atoms with Gasteiger partial charge in [-0.1, -0.05) is 29.8 Å². The normalized spacial score (nSPS) is 11.7. The van der Waals surface area contributed by atoms with Gasteiger partial charge in [-0.2, -0.15) is 0 Å². The number of nitrogens with zero attached hydrogens (tertiary/aromatic N) is 1. The smallest absolute Gasteiger partial charge is 0.315 e. The summed E-state index contributed by atoms with van der Waals surface area (Å²) < 4.78 is 0. The second-order valence-electron chi connectivity index (χ2n) is 4.75. The van der Waals surface area contributed by atoms with Crippen molar-refractivity contribution < 1.29 is 4.79 Å². The minimum Gasteiger partial charge on any atom is -0.338 e. The minimum absolute atomic E-state index is 0.0986. The Morgan fingerprint density at radius 1 is 1.29 bits per heavy atom. The molecule has 0 aliphatic carbocycles. The SMILES string of the molecule is CC(NC(=O)NCCc1ccccn1)c1cccc(Cl)c1. The van der Waals surface area contributed by atoms with Gasteiger partial charge in [-0.15, -0.1) is 0 Å². The Hall–Kier alpha value is -2.07. The lowest BCUT2D eigenvalue weighted by atomic mass is 10.1. The van der Waals surface area contributed by atoms with Crippen molar-refractivity contribution in [2.24, 2.45) is 0 Å². The zero-order chi connectivity index (χ0) is 15.1. The maximum Gasteiger partial charge on any atom is 0.315 e. The van der Waals surface area contributed by atoms with Crippen LogP contribution in [0.1, 0.15) is 24.2 Å². The van der Waals surface area contributed by atoms with Gasteiger partial charge >= 0.3 is 6.03 Å². The zero-order valence-electron chi connectivity index (χ0n) is 11.8. The van der Waals surface area contributed by atoms with E-state index in [1.807, 2.05) is 49.4 Å². The number of benzene rings is 1. The average molecular weight is 304 g/mol. The highest BCUT2D eigenvalue weighted by Gasteiger charge is 2.09. The quantitative estimate of drug-likeness (QED) is 0.890. The predicted octanol–water partition coefficient (Wildman–Crippen LogP) is 3.34. The van der Waals surface area contributed by atoms with Gasteiger partial charge in [-0.3, -0.25) is 4.98 Å². The summed E-state index contributed by atoms with van der Waals surface area (Å²) >= 11 is 5.94. The molecule has 1 aromatic carbocycles. The summed E-state index contributed by atoms with van der Waals surface area (Å²) in [7, 11) is 0. The lowest BCUT2D eigenvalue weighted by molar-refractivity contribution is 0.238. The number of halogens is 1. The fourth-order valence-electron chi connectivity index (χ4n) is 1.96. The van der Waals surface area contributed by atoms with Crippen LogP contribution in [0, 0.1) is 0 Å². The molecule has 2 amide bonds. The van der Waals surface area contributed by atoms with Gasteiger partial charge in [-0.05, 0) is 36.8 Å². The van der Waals surface area contributed by atoms with E-state index >= 15 is 0 Å². The summed E-state index contributed by atoms with van der Waals surface area (Å²) in [5.41, 5.74) is 1.93. The first-order valence-corrected chi connectivity index (χ1v) is 7.22. The number of carbonyl (C=O) groups is 1. The van der Waals surface area contributed by atoms with Crippen LogP contribution >= 0.6 is 11.6 Å². The van der Waals surface area contributed by atoms with Crippen molar-refractivity contribution in [2.45, 2.75) is 19.4 Å². The Kier molecular flexibility index (Phi) is 5.58. The first kappa shape index (κ1) is 15.3. The molecule has 1 heterocycles. The molecule has 4 nitrogen and oxygen atoms in total. The molecule has 0 aliphatic rings. The molecule has 0 fully saturated rings. The van der Waals surface area contributed by atoms with Crippen LogP contribution in [0.5, 0.6) is 0 Å². The maximum absolute atomic E-state index is 11.8. The molecule has 0 saturated carbocycles. The van der Waals surface area contributed by atoms with Gasteiger partial charge in [0, 0.05) is 29.9 Å². The lowest BCUT2D eigenvalue weighted by Gasteiger charge is -2.15. The highest BCUT2D eigenvalue weighted by Crippen LogP contribution is 2.16. The van der Waals surface area contributed by atoms with E-state index in [1.165, 1.54) is 0 Å². The molecule has 0 bridgehead atoms. The first-order chi connectivity index (χ1) is 10.1. The number of urea groups is 1. The van der Waals surface area contributed by atoms with Gasteiger partial charge in [-0.25, -0.2) is 4.79 Å². The third-order valence-corrected chi connectivity index (χ3v) is 3.32. The van der Waals surface area contributed by atoms with E-state index in [4.69, 9.17) is 11.6 Å². The van der Waals surface area contributed by atoms with Crippen LogP contribution in [-0.4, -0.2) is 17.6 Å². The standard InChI is InChI=1S/C16H18ClN3O/c1-12(13-5-4-6-14(17)11-13)20-16(21)19-10-8-15-7-2-3-9-18-15/h2-7,9,11-12H,8,10H2,1H3,(H2,19,20,21). The number of carbonyl (C=O) groups excluding carboxylic acids is 1. The second kappa shape index (κ2) is 7.64. The van der Waals surface area contributed by atoms with Crippen molar-refractivity contribution in [3.63, 3.8) is 0 Å². The molecule has 0 spiro atoms. The first-order valence-electron chi connectivity index (χ1n) is 6.85. The number of rotatable bonds is 5. The molecule has 1 atom stereocenters. The number of hydrogen-bond acceptors (Lipinski definition) is 2. The Morgan fingerprint density at radius 3 is 2.86 bits per heavy atom. The van der Waals surface area contributed by atoms with E-state index < -0.39 is 0 Å². The molecule has 1 aromatic heterocycles. The van der Waals surface area contributed by atoms with Gasteiger partial charge in [0.2, 0.25) is 0 Å². The summed E-state index contributed by atoms with van der Waals surface area (Å²) in [6.45, 7) is 2.47. The largest absolute Gasteiger partial charge is 0.338 e. The molecule has 2 rings (SSSR count). The van der Waals surface area contributed by atoms with Crippen molar-refractivity contribution in [3.05, 3.63) is 64.9 Å². The lowest BCUT2D eigenvalue weighted by Crippen LogP contribution is -2.38. The summed E-state index contributed by atoms with van der Waals surface area (Å²) in [5.74, 6) is 0. The Morgan fingerprint density at radius 2 is 2.14 bits per heavy atom. The summed E-state index contributed by atoms with van der Waals surface area (Å²) in [5, 5.41) is 6.37. The van der Waals surface area contributed by atoms with Gasteiger partial charge in [0.05, 0.1) is 6.04 Å². The fraction of sp³-hybridized carbons (Fsp3) is 0.250. The molecule has 2 aromatic rings. The number of hydrogen-bond donors (Lipinski definition) is 2. The molecule has 0 radical (unpaired) electrons. The van der Waals surface area contributed by atoms with Crippen LogP contribution in [0.2, 0.25) is 5.02 Å². The fourth-order valence-corrected chi connectivity index (χ4v) is 2.16. The Bertz CT molecular complexity index is 589. The van der Waals surface area contributed by atoms with Crippen LogP contribution in [0.25, 0.3) is 0 Å². The van der Waals surface area contributed by atoms with Crippen LogP contribution < -0.4 is 10.6 Å². The molecule has 110 valence electrons. The molecule has 5 heteroatoms. The third kappa shape index (κ3) is 5.08. The number of pyridine rings is 1. The Balaban J connectivity index is 1.76. The summed E-state index contributed by atoms with van der Waals surface area (Å²) in [4.78, 5) is 16.0. The van der Waals surface area contributed by atoms with E-state index in [-0.39, 0.29) is 12.1 Å². The monoisotopic (exact) mass is 303 g/mol. The molecule has 21 heavy (non-hydrogen) atoms. The third-order valence-electron chi connectivity index (χ3n) is 3.09. The zero-order valence-corrected chi connectivity index (χ0v) is 12.6. The average Bonchev–Trinajstić information content (AvgIpc) is 2.48.